The standard InChI is InChI=1S/C21H25Cl2NO2/c1-20(2,3)14-9-12(10-15(18(14)25)21(4,5)6)19(26)24-13-7-8-16(22)17(23)11-13/h7-11,25H,1-6H3,(H,24,26). The van der Waals surface area contributed by atoms with E-state index in [1.54, 1.807) is 30.3 Å². The second-order valence-corrected chi connectivity index (χ2v) is 9.32. The average Bonchev–Trinajstić information content (AvgIpc) is 2.48. The van der Waals surface area contributed by atoms with E-state index in [4.69, 9.17) is 23.2 Å². The van der Waals surface area contributed by atoms with Crippen molar-refractivity contribution in [1.82, 2.24) is 0 Å². The van der Waals surface area contributed by atoms with Gasteiger partial charge in [-0.05, 0) is 41.2 Å². The lowest BCUT2D eigenvalue weighted by Gasteiger charge is -2.28. The topological polar surface area (TPSA) is 49.3 Å². The average molecular weight is 394 g/mol. The lowest BCUT2D eigenvalue weighted by Crippen LogP contribution is -2.20. The Kier molecular flexibility index (Phi) is 5.65. The van der Waals surface area contributed by atoms with E-state index in [9.17, 15) is 9.90 Å². The molecule has 0 fully saturated rings. The van der Waals surface area contributed by atoms with Crippen molar-refractivity contribution in [2.24, 2.45) is 0 Å². The minimum Gasteiger partial charge on any atom is -0.507 e. The van der Waals surface area contributed by atoms with Crippen LogP contribution in [0.4, 0.5) is 5.69 Å². The van der Waals surface area contributed by atoms with Crippen molar-refractivity contribution < 1.29 is 9.90 Å². The molecule has 0 spiro atoms. The molecule has 1 amide bonds. The van der Waals surface area contributed by atoms with Crippen LogP contribution in [0.25, 0.3) is 0 Å². The quantitative estimate of drug-likeness (QED) is 0.607. The van der Waals surface area contributed by atoms with Crippen LogP contribution in [0.5, 0.6) is 5.75 Å². The summed E-state index contributed by atoms with van der Waals surface area (Å²) in [7, 11) is 0. The Morgan fingerprint density at radius 2 is 1.38 bits per heavy atom. The van der Waals surface area contributed by atoms with Crippen molar-refractivity contribution in [2.75, 3.05) is 5.32 Å². The van der Waals surface area contributed by atoms with Crippen LogP contribution in [0.1, 0.15) is 63.0 Å². The van der Waals surface area contributed by atoms with Crippen LogP contribution in [0.3, 0.4) is 0 Å². The maximum Gasteiger partial charge on any atom is 0.255 e. The van der Waals surface area contributed by atoms with E-state index < -0.39 is 0 Å². The molecule has 0 saturated heterocycles. The molecule has 5 heteroatoms. The summed E-state index contributed by atoms with van der Waals surface area (Å²) in [6.45, 7) is 12.1. The summed E-state index contributed by atoms with van der Waals surface area (Å²) in [5.74, 6) is -0.0181. The third-order valence-corrected chi connectivity index (χ3v) is 4.90. The Morgan fingerprint density at radius 3 is 1.81 bits per heavy atom. The van der Waals surface area contributed by atoms with Gasteiger partial charge >= 0.3 is 0 Å². The summed E-state index contributed by atoms with van der Waals surface area (Å²) < 4.78 is 0. The van der Waals surface area contributed by atoms with E-state index in [0.29, 0.717) is 21.3 Å². The predicted molar refractivity (Wildman–Crippen MR) is 110 cm³/mol. The van der Waals surface area contributed by atoms with Crippen molar-refractivity contribution in [3.8, 4) is 5.75 Å². The SMILES string of the molecule is CC(C)(C)c1cc(C(=O)Nc2ccc(Cl)c(Cl)c2)cc(C(C)(C)C)c1O. The Hall–Kier alpha value is -1.71. The van der Waals surface area contributed by atoms with Crippen LogP contribution in [-0.4, -0.2) is 11.0 Å². The number of hydrogen-bond acceptors (Lipinski definition) is 2. The first-order valence-electron chi connectivity index (χ1n) is 8.45. The van der Waals surface area contributed by atoms with Crippen LogP contribution < -0.4 is 5.32 Å². The summed E-state index contributed by atoms with van der Waals surface area (Å²) in [6.07, 6.45) is 0. The largest absolute Gasteiger partial charge is 0.507 e. The van der Waals surface area contributed by atoms with Crippen LogP contribution in [-0.2, 0) is 10.8 Å². The van der Waals surface area contributed by atoms with Gasteiger partial charge < -0.3 is 10.4 Å². The molecule has 0 saturated carbocycles. The predicted octanol–water partition coefficient (Wildman–Crippen LogP) is 6.55. The Balaban J connectivity index is 2.50. The third kappa shape index (κ3) is 4.52. The number of carbonyl (C=O) groups excluding carboxylic acids is 1. The summed E-state index contributed by atoms with van der Waals surface area (Å²) in [5, 5.41) is 14.4. The van der Waals surface area contributed by atoms with Crippen molar-refractivity contribution in [1.29, 1.82) is 0 Å². The fourth-order valence-electron chi connectivity index (χ4n) is 2.69. The minimum atomic E-state index is -0.302. The Bertz CT molecular complexity index is 811. The van der Waals surface area contributed by atoms with Gasteiger partial charge in [0, 0.05) is 22.4 Å². The first-order chi connectivity index (χ1) is 11.8. The van der Waals surface area contributed by atoms with Gasteiger partial charge in [-0.2, -0.15) is 0 Å². The van der Waals surface area contributed by atoms with E-state index in [0.717, 1.165) is 11.1 Å². The number of phenolic OH excluding ortho intramolecular Hbond substituents is 1. The molecule has 0 aliphatic heterocycles. The van der Waals surface area contributed by atoms with Crippen LogP contribution in [0.15, 0.2) is 30.3 Å². The third-order valence-electron chi connectivity index (χ3n) is 4.17. The maximum atomic E-state index is 12.8. The summed E-state index contributed by atoms with van der Waals surface area (Å²) in [5.41, 5.74) is 1.93. The Labute approximate surface area is 165 Å². The fraction of sp³-hybridized carbons (Fsp3) is 0.381. The number of nitrogens with one attached hydrogen (secondary N) is 1. The first kappa shape index (κ1) is 20.6. The molecule has 0 radical (unpaired) electrons. The minimum absolute atomic E-state index is 0.246. The van der Waals surface area contributed by atoms with Gasteiger partial charge in [-0.15, -0.1) is 0 Å². The number of carbonyl (C=O) groups is 1. The maximum absolute atomic E-state index is 12.8. The molecular weight excluding hydrogens is 369 g/mol. The van der Waals surface area contributed by atoms with Gasteiger partial charge in [0.1, 0.15) is 5.75 Å². The number of halogens is 2. The highest BCUT2D eigenvalue weighted by Crippen LogP contribution is 2.40. The van der Waals surface area contributed by atoms with E-state index in [1.165, 1.54) is 0 Å². The monoisotopic (exact) mass is 393 g/mol. The van der Waals surface area contributed by atoms with Gasteiger partial charge in [-0.25, -0.2) is 0 Å². The molecule has 0 heterocycles. The second-order valence-electron chi connectivity index (χ2n) is 8.50. The zero-order chi connectivity index (χ0) is 19.9. The molecule has 140 valence electrons. The molecule has 2 aromatic carbocycles. The lowest BCUT2D eigenvalue weighted by atomic mass is 9.78. The van der Waals surface area contributed by atoms with Gasteiger partial charge in [-0.3, -0.25) is 4.79 Å². The zero-order valence-electron chi connectivity index (χ0n) is 16.0. The van der Waals surface area contributed by atoms with Gasteiger partial charge in [0.05, 0.1) is 10.0 Å². The smallest absolute Gasteiger partial charge is 0.255 e. The molecule has 0 aliphatic rings. The molecule has 0 atom stereocenters. The van der Waals surface area contributed by atoms with Crippen molar-refractivity contribution in [3.63, 3.8) is 0 Å². The summed E-state index contributed by atoms with van der Waals surface area (Å²) in [6, 6.07) is 8.44. The molecule has 0 unspecified atom stereocenters. The van der Waals surface area contributed by atoms with Crippen LogP contribution in [0, 0.1) is 0 Å². The van der Waals surface area contributed by atoms with Crippen molar-refractivity contribution in [2.45, 2.75) is 52.4 Å². The molecule has 0 aliphatic carbocycles. The van der Waals surface area contributed by atoms with Crippen molar-refractivity contribution >= 4 is 34.8 Å². The Morgan fingerprint density at radius 1 is 0.885 bits per heavy atom. The number of phenols is 1. The van der Waals surface area contributed by atoms with Gasteiger partial charge in [0.25, 0.3) is 5.91 Å². The number of benzene rings is 2. The molecule has 26 heavy (non-hydrogen) atoms. The fourth-order valence-corrected chi connectivity index (χ4v) is 2.98. The molecule has 2 N–H and O–H groups in total. The van der Waals surface area contributed by atoms with Crippen molar-refractivity contribution in [3.05, 3.63) is 57.1 Å². The van der Waals surface area contributed by atoms with Crippen LogP contribution >= 0.6 is 23.2 Å². The number of anilines is 1. The number of rotatable bonds is 2. The molecule has 3 nitrogen and oxygen atoms in total. The van der Waals surface area contributed by atoms with Crippen LogP contribution in [0.2, 0.25) is 10.0 Å². The molecular formula is C21H25Cl2NO2. The van der Waals surface area contributed by atoms with Gasteiger partial charge in [0.15, 0.2) is 0 Å². The lowest BCUT2D eigenvalue weighted by molar-refractivity contribution is 0.102. The molecule has 0 bridgehead atoms. The van der Waals surface area contributed by atoms with E-state index in [2.05, 4.69) is 5.32 Å². The van der Waals surface area contributed by atoms with Gasteiger partial charge in [0.2, 0.25) is 0 Å². The second kappa shape index (κ2) is 7.13. The number of hydrogen-bond donors (Lipinski definition) is 2. The first-order valence-corrected chi connectivity index (χ1v) is 9.20. The highest BCUT2D eigenvalue weighted by Gasteiger charge is 2.27. The van der Waals surface area contributed by atoms with E-state index in [1.807, 2.05) is 41.5 Å². The highest BCUT2D eigenvalue weighted by molar-refractivity contribution is 6.42. The highest BCUT2D eigenvalue weighted by atomic mass is 35.5. The molecule has 2 rings (SSSR count). The summed E-state index contributed by atoms with van der Waals surface area (Å²) in [4.78, 5) is 12.8. The van der Waals surface area contributed by atoms with E-state index >= 15 is 0 Å². The number of amides is 1. The summed E-state index contributed by atoms with van der Waals surface area (Å²) >= 11 is 11.9. The molecule has 2 aromatic rings. The van der Waals surface area contributed by atoms with Gasteiger partial charge in [-0.1, -0.05) is 64.7 Å². The number of aromatic hydroxyl groups is 1. The zero-order valence-corrected chi connectivity index (χ0v) is 17.5. The normalized spacial score (nSPS) is 12.2. The van der Waals surface area contributed by atoms with E-state index in [-0.39, 0.29) is 22.5 Å². The molecule has 0 aromatic heterocycles.